The van der Waals surface area contributed by atoms with E-state index in [4.69, 9.17) is 34.6 Å². The lowest BCUT2D eigenvalue weighted by atomic mass is 9.95. The summed E-state index contributed by atoms with van der Waals surface area (Å²) in [7, 11) is 0.710. The molecule has 1 saturated heterocycles. The van der Waals surface area contributed by atoms with E-state index in [2.05, 4.69) is 63.0 Å². The van der Waals surface area contributed by atoms with Gasteiger partial charge in [-0.1, -0.05) is 59.6 Å². The first-order valence-corrected chi connectivity index (χ1v) is 23.3. The maximum Gasteiger partial charge on any atom is 0.319 e. The van der Waals surface area contributed by atoms with E-state index in [-0.39, 0.29) is 82.0 Å². The Bertz CT molecular complexity index is 2530. The van der Waals surface area contributed by atoms with E-state index in [0.717, 1.165) is 0 Å². The fraction of sp³-hybridized carbons (Fsp3) is 0.478. The number of fused-ring (bicyclic) bond motifs is 1. The summed E-state index contributed by atoms with van der Waals surface area (Å²) in [6.45, 7) is 16.4. The highest BCUT2D eigenvalue weighted by molar-refractivity contribution is 6.90. The highest BCUT2D eigenvalue weighted by atomic mass is 28.3. The number of nitrogens with zero attached hydrogens (tertiary/aromatic N) is 6. The predicted molar refractivity (Wildman–Crippen MR) is 237 cm³/mol. The first kappa shape index (κ1) is 44.8. The minimum atomic E-state index is -2.89. The molecule has 0 bridgehead atoms. The zero-order valence-corrected chi connectivity index (χ0v) is 37.9. The molecule has 5 aromatic rings. The zero-order valence-electron chi connectivity index (χ0n) is 36.9. The number of likely N-dealkylation sites (N-methyl/N-ethyl adjacent to an activating group) is 1. The first-order valence-electron chi connectivity index (χ1n) is 21.0. The molecule has 1 unspecified atom stereocenters. The van der Waals surface area contributed by atoms with Gasteiger partial charge in [0.2, 0.25) is 5.88 Å². The van der Waals surface area contributed by atoms with Gasteiger partial charge in [0.15, 0.2) is 12.6 Å². The maximum absolute atomic E-state index is 17.9. The summed E-state index contributed by atoms with van der Waals surface area (Å²) in [6.07, 6.45) is 0.634. The number of alkyl halides is 2. The van der Waals surface area contributed by atoms with Crippen LogP contribution in [0.25, 0.3) is 32.9 Å². The summed E-state index contributed by atoms with van der Waals surface area (Å²) in [5, 5.41) is 1.02. The molecule has 62 heavy (non-hydrogen) atoms. The second-order valence-corrected chi connectivity index (χ2v) is 23.1. The molecule has 2 aromatic carbocycles. The lowest BCUT2D eigenvalue weighted by Gasteiger charge is -2.38. The molecule has 0 spiro atoms. The standard InChI is InChI=1S/C46H55F4N7O4Si/c1-25(2)62(26(3)4,27(5)6)17-15-34-36(47)14-13-30-18-32(60-24-58-10)19-35(37(30)34)40-39(48)41-38-43(55-45(54-41)59-22-31-20-46(49,50)23-56(31)9)57(21-28(7)61-44(38)53-40)29(8)33-12-11-16-52-42(33)51/h11-14,16,18-19,25-29,31H,20-24H2,1-10H3,(H2,51,52)/t28-,29?,31-/m0/s1. The van der Waals surface area contributed by atoms with Crippen molar-refractivity contribution in [3.05, 3.63) is 65.4 Å². The molecule has 2 aliphatic rings. The number of pyridine rings is 2. The number of aromatic nitrogens is 4. The van der Waals surface area contributed by atoms with Crippen LogP contribution in [0.3, 0.4) is 0 Å². The van der Waals surface area contributed by atoms with Gasteiger partial charge in [0.25, 0.3) is 5.92 Å². The van der Waals surface area contributed by atoms with Crippen LogP contribution in [-0.4, -0.2) is 91.6 Å². The van der Waals surface area contributed by atoms with Crippen LogP contribution in [0.15, 0.2) is 42.6 Å². The van der Waals surface area contributed by atoms with Crippen molar-refractivity contribution in [3.63, 3.8) is 0 Å². The molecule has 11 nitrogen and oxygen atoms in total. The number of rotatable bonds is 12. The van der Waals surface area contributed by atoms with E-state index in [9.17, 15) is 8.78 Å². The molecule has 3 aromatic heterocycles. The smallest absolute Gasteiger partial charge is 0.319 e. The van der Waals surface area contributed by atoms with Gasteiger partial charge in [-0.15, -0.1) is 5.54 Å². The fourth-order valence-electron chi connectivity index (χ4n) is 9.48. The Hall–Kier alpha value is -5.24. The fourth-order valence-corrected chi connectivity index (χ4v) is 14.7. The zero-order chi connectivity index (χ0) is 44.8. The summed E-state index contributed by atoms with van der Waals surface area (Å²) >= 11 is 0. The Morgan fingerprint density at radius 2 is 1.71 bits per heavy atom. The van der Waals surface area contributed by atoms with Gasteiger partial charge >= 0.3 is 6.01 Å². The maximum atomic E-state index is 17.9. The number of ether oxygens (including phenoxy) is 4. The summed E-state index contributed by atoms with van der Waals surface area (Å²) < 4.78 is 87.0. The molecule has 0 saturated carbocycles. The summed E-state index contributed by atoms with van der Waals surface area (Å²) in [4.78, 5) is 22.0. The van der Waals surface area contributed by atoms with Crippen LogP contribution in [0.2, 0.25) is 16.6 Å². The van der Waals surface area contributed by atoms with Crippen LogP contribution in [-0.2, 0) is 4.74 Å². The molecular weight excluding hydrogens is 819 g/mol. The van der Waals surface area contributed by atoms with Gasteiger partial charge in [0.1, 0.15) is 60.6 Å². The summed E-state index contributed by atoms with van der Waals surface area (Å²) in [5.41, 5.74) is 11.4. The third kappa shape index (κ3) is 8.34. The van der Waals surface area contributed by atoms with Crippen molar-refractivity contribution >= 4 is 41.4 Å². The molecular formula is C46H55F4N7O4Si. The van der Waals surface area contributed by atoms with Gasteiger partial charge in [0.05, 0.1) is 24.7 Å². The monoisotopic (exact) mass is 873 g/mol. The average molecular weight is 874 g/mol. The summed E-state index contributed by atoms with van der Waals surface area (Å²) in [5.74, 6) is -0.156. The first-order chi connectivity index (χ1) is 29.4. The number of halogens is 4. The largest absolute Gasteiger partial charge is 0.472 e. The average Bonchev–Trinajstić information content (AvgIpc) is 3.40. The van der Waals surface area contributed by atoms with Crippen molar-refractivity contribution < 1.29 is 36.5 Å². The van der Waals surface area contributed by atoms with Crippen LogP contribution in [0.5, 0.6) is 17.6 Å². The van der Waals surface area contributed by atoms with Gasteiger partial charge in [0, 0.05) is 42.3 Å². The number of anilines is 2. The van der Waals surface area contributed by atoms with Crippen LogP contribution < -0.4 is 24.8 Å². The molecule has 16 heteroatoms. The van der Waals surface area contributed by atoms with E-state index in [1.165, 1.54) is 18.1 Å². The highest BCUT2D eigenvalue weighted by Crippen LogP contribution is 2.46. The molecule has 330 valence electrons. The second-order valence-electron chi connectivity index (χ2n) is 17.5. The SMILES string of the molecule is COCOc1cc(-c2nc3c4c(nc(OC[C@@H]5CC(F)(F)CN5C)nc4c2F)N(C(C)c2cccnc2N)C[C@H](C)O3)c2c(C#C[Si](C(C)C)(C(C)C)C(C)C)c(F)ccc2c1. The van der Waals surface area contributed by atoms with Crippen molar-refractivity contribution in [1.29, 1.82) is 0 Å². The third-order valence-electron chi connectivity index (χ3n) is 12.5. The molecule has 7 rings (SSSR count). The number of likely N-dealkylation sites (tertiary alicyclic amines) is 1. The Labute approximate surface area is 361 Å². The summed E-state index contributed by atoms with van der Waals surface area (Å²) in [6, 6.07) is 8.54. The molecule has 5 heterocycles. The minimum absolute atomic E-state index is 0.0284. The van der Waals surface area contributed by atoms with Crippen molar-refractivity contribution in [3.8, 4) is 40.4 Å². The Morgan fingerprint density at radius 1 is 0.984 bits per heavy atom. The van der Waals surface area contributed by atoms with E-state index in [1.807, 2.05) is 24.8 Å². The van der Waals surface area contributed by atoms with Crippen LogP contribution in [0.1, 0.15) is 79.0 Å². The number of nitrogens with two attached hydrogens (primary N) is 1. The van der Waals surface area contributed by atoms with Crippen molar-refractivity contribution in [2.45, 2.75) is 103 Å². The number of hydrogen-bond donors (Lipinski definition) is 1. The van der Waals surface area contributed by atoms with E-state index in [1.54, 1.807) is 37.5 Å². The molecule has 3 atom stereocenters. The lowest BCUT2D eigenvalue weighted by molar-refractivity contribution is 0.0136. The van der Waals surface area contributed by atoms with Gasteiger partial charge < -0.3 is 29.6 Å². The topological polar surface area (TPSA) is 121 Å². The Balaban J connectivity index is 1.51. The third-order valence-corrected chi connectivity index (χ3v) is 18.8. The lowest BCUT2D eigenvalue weighted by Crippen LogP contribution is -2.43. The van der Waals surface area contributed by atoms with Gasteiger partial charge in [-0.25, -0.2) is 27.5 Å². The number of benzene rings is 2. The Kier molecular flexibility index (Phi) is 12.6. The van der Waals surface area contributed by atoms with E-state index in [0.29, 0.717) is 27.9 Å². The normalized spacial score (nSPS) is 18.3. The molecule has 0 amide bonds. The number of hydrogen-bond acceptors (Lipinski definition) is 11. The number of methoxy groups -OCH3 is 1. The highest BCUT2D eigenvalue weighted by Gasteiger charge is 2.44. The number of nitrogen functional groups attached to an aromatic ring is 1. The quantitative estimate of drug-likeness (QED) is 0.0559. The van der Waals surface area contributed by atoms with Gasteiger partial charge in [-0.05, 0) is 67.2 Å². The van der Waals surface area contributed by atoms with E-state index < -0.39 is 56.8 Å². The van der Waals surface area contributed by atoms with Crippen molar-refractivity contribution in [2.24, 2.45) is 0 Å². The minimum Gasteiger partial charge on any atom is -0.472 e. The van der Waals surface area contributed by atoms with Crippen molar-refractivity contribution in [2.75, 3.05) is 51.3 Å². The molecule has 2 aliphatic heterocycles. The van der Waals surface area contributed by atoms with Crippen molar-refractivity contribution in [1.82, 2.24) is 24.8 Å². The molecule has 0 radical (unpaired) electrons. The molecule has 2 N–H and O–H groups in total. The second kappa shape index (κ2) is 17.5. The van der Waals surface area contributed by atoms with Crippen LogP contribution in [0.4, 0.5) is 29.2 Å². The predicted octanol–water partition coefficient (Wildman–Crippen LogP) is 9.72. The van der Waals surface area contributed by atoms with E-state index >= 15 is 8.78 Å². The Morgan fingerprint density at radius 3 is 2.35 bits per heavy atom. The molecule has 0 aliphatic carbocycles. The molecule has 1 fully saturated rings. The van der Waals surface area contributed by atoms with Gasteiger partial charge in [-0.3, -0.25) is 4.90 Å². The van der Waals surface area contributed by atoms with Gasteiger partial charge in [-0.2, -0.15) is 9.97 Å². The van der Waals surface area contributed by atoms with Crippen LogP contribution >= 0.6 is 0 Å². The van der Waals surface area contributed by atoms with Crippen LogP contribution in [0, 0.1) is 23.1 Å².